The van der Waals surface area contributed by atoms with E-state index >= 15 is 0 Å². The Morgan fingerprint density at radius 2 is 1.89 bits per heavy atom. The minimum atomic E-state index is 0.906. The highest BCUT2D eigenvalue weighted by molar-refractivity contribution is 5.35. The van der Waals surface area contributed by atoms with E-state index in [1.54, 1.807) is 16.7 Å². The Bertz CT molecular complexity index is 410. The number of hydrogen-bond donors (Lipinski definition) is 1. The summed E-state index contributed by atoms with van der Waals surface area (Å²) in [5.74, 6) is 1.82. The van der Waals surface area contributed by atoms with Crippen molar-refractivity contribution < 1.29 is 0 Å². The average Bonchev–Trinajstić information content (AvgIpc) is 2.99. The van der Waals surface area contributed by atoms with Crippen LogP contribution in [0.25, 0.3) is 0 Å². The maximum Gasteiger partial charge on any atom is -0.00208 e. The monoisotopic (exact) mass is 243 g/mol. The van der Waals surface area contributed by atoms with Crippen molar-refractivity contribution in [3.8, 4) is 0 Å². The second-order valence-electron chi connectivity index (χ2n) is 6.17. The molecular weight excluding hydrogens is 218 g/mol. The molecule has 0 aliphatic heterocycles. The van der Waals surface area contributed by atoms with Crippen molar-refractivity contribution in [2.45, 2.75) is 44.9 Å². The van der Waals surface area contributed by atoms with Crippen LogP contribution in [0.5, 0.6) is 0 Å². The number of rotatable bonds is 4. The fraction of sp³-hybridized carbons (Fsp3) is 0.647. The van der Waals surface area contributed by atoms with Gasteiger partial charge in [-0.3, -0.25) is 0 Å². The standard InChI is InChI=1S/C17H25N/c1-18-12-17-7-3-6-16(17)11-13-8-9-14-4-2-5-15(14)10-13/h8-10,16-18H,2-7,11-12H2,1H3. The molecule has 2 aliphatic carbocycles. The van der Waals surface area contributed by atoms with Crippen LogP contribution in [0.4, 0.5) is 0 Å². The summed E-state index contributed by atoms with van der Waals surface area (Å²) in [5, 5.41) is 3.37. The summed E-state index contributed by atoms with van der Waals surface area (Å²) < 4.78 is 0. The molecule has 3 rings (SSSR count). The fourth-order valence-electron chi connectivity index (χ4n) is 3.97. The first-order valence-electron chi connectivity index (χ1n) is 7.62. The summed E-state index contributed by atoms with van der Waals surface area (Å²) in [6.07, 6.45) is 9.58. The van der Waals surface area contributed by atoms with Crippen LogP contribution < -0.4 is 5.32 Å². The van der Waals surface area contributed by atoms with Crippen molar-refractivity contribution in [1.82, 2.24) is 5.32 Å². The summed E-state index contributed by atoms with van der Waals surface area (Å²) in [7, 11) is 2.09. The smallest absolute Gasteiger partial charge is 0.00208 e. The zero-order valence-corrected chi connectivity index (χ0v) is 11.5. The van der Waals surface area contributed by atoms with Gasteiger partial charge in [0.05, 0.1) is 0 Å². The van der Waals surface area contributed by atoms with Crippen LogP contribution in [0.3, 0.4) is 0 Å². The highest BCUT2D eigenvalue weighted by atomic mass is 14.8. The van der Waals surface area contributed by atoms with Gasteiger partial charge >= 0.3 is 0 Å². The second-order valence-corrected chi connectivity index (χ2v) is 6.17. The van der Waals surface area contributed by atoms with Crippen LogP contribution in [0.1, 0.15) is 42.4 Å². The van der Waals surface area contributed by atoms with E-state index in [1.807, 2.05) is 0 Å². The molecule has 18 heavy (non-hydrogen) atoms. The summed E-state index contributed by atoms with van der Waals surface area (Å²) >= 11 is 0. The van der Waals surface area contributed by atoms with Crippen molar-refractivity contribution in [3.05, 3.63) is 34.9 Å². The van der Waals surface area contributed by atoms with Crippen LogP contribution in [0.15, 0.2) is 18.2 Å². The molecule has 2 atom stereocenters. The van der Waals surface area contributed by atoms with Crippen molar-refractivity contribution in [2.24, 2.45) is 11.8 Å². The Morgan fingerprint density at radius 3 is 2.78 bits per heavy atom. The van der Waals surface area contributed by atoms with Crippen LogP contribution in [-0.4, -0.2) is 13.6 Å². The normalized spacial score (nSPS) is 26.5. The Labute approximate surface area is 111 Å². The molecule has 0 amide bonds. The molecule has 1 heteroatoms. The molecule has 98 valence electrons. The van der Waals surface area contributed by atoms with E-state index in [4.69, 9.17) is 0 Å². The lowest BCUT2D eigenvalue weighted by molar-refractivity contribution is 0.374. The van der Waals surface area contributed by atoms with E-state index < -0.39 is 0 Å². The van der Waals surface area contributed by atoms with Gasteiger partial charge in [-0.05, 0) is 80.6 Å². The Balaban J connectivity index is 1.68. The van der Waals surface area contributed by atoms with Crippen molar-refractivity contribution in [3.63, 3.8) is 0 Å². The second kappa shape index (κ2) is 5.44. The molecule has 0 radical (unpaired) electrons. The SMILES string of the molecule is CNCC1CCCC1Cc1ccc2c(c1)CCC2. The minimum Gasteiger partial charge on any atom is -0.319 e. The van der Waals surface area contributed by atoms with Gasteiger partial charge < -0.3 is 5.32 Å². The maximum atomic E-state index is 3.37. The number of fused-ring (bicyclic) bond motifs is 1. The lowest BCUT2D eigenvalue weighted by atomic mass is 9.89. The van der Waals surface area contributed by atoms with E-state index in [2.05, 4.69) is 30.6 Å². The van der Waals surface area contributed by atoms with Gasteiger partial charge in [0.1, 0.15) is 0 Å². The molecule has 1 saturated carbocycles. The Morgan fingerprint density at radius 1 is 1.06 bits per heavy atom. The van der Waals surface area contributed by atoms with Gasteiger partial charge in [0.25, 0.3) is 0 Å². The van der Waals surface area contributed by atoms with Gasteiger partial charge in [-0.25, -0.2) is 0 Å². The molecule has 1 aromatic carbocycles. The molecule has 2 unspecified atom stereocenters. The first-order chi connectivity index (χ1) is 8.86. The van der Waals surface area contributed by atoms with Crippen molar-refractivity contribution in [2.75, 3.05) is 13.6 Å². The quantitative estimate of drug-likeness (QED) is 0.855. The largest absolute Gasteiger partial charge is 0.319 e. The molecule has 0 bridgehead atoms. The molecule has 0 saturated heterocycles. The molecule has 0 spiro atoms. The Kier molecular flexibility index (Phi) is 3.69. The van der Waals surface area contributed by atoms with E-state index in [0.717, 1.165) is 11.8 Å². The van der Waals surface area contributed by atoms with Crippen LogP contribution in [-0.2, 0) is 19.3 Å². The van der Waals surface area contributed by atoms with Gasteiger partial charge in [-0.2, -0.15) is 0 Å². The predicted molar refractivity (Wildman–Crippen MR) is 76.9 cm³/mol. The van der Waals surface area contributed by atoms with E-state index in [1.165, 1.54) is 51.5 Å². The van der Waals surface area contributed by atoms with Crippen molar-refractivity contribution >= 4 is 0 Å². The topological polar surface area (TPSA) is 12.0 Å². The lowest BCUT2D eigenvalue weighted by Crippen LogP contribution is -2.23. The molecule has 0 aromatic heterocycles. The van der Waals surface area contributed by atoms with Crippen molar-refractivity contribution in [1.29, 1.82) is 0 Å². The van der Waals surface area contributed by atoms with E-state index in [9.17, 15) is 0 Å². The van der Waals surface area contributed by atoms with E-state index in [-0.39, 0.29) is 0 Å². The van der Waals surface area contributed by atoms with Gasteiger partial charge in [-0.1, -0.05) is 24.6 Å². The summed E-state index contributed by atoms with van der Waals surface area (Å²) in [6, 6.07) is 7.27. The van der Waals surface area contributed by atoms with Gasteiger partial charge in [0.15, 0.2) is 0 Å². The van der Waals surface area contributed by atoms with Crippen LogP contribution >= 0.6 is 0 Å². The maximum absolute atomic E-state index is 3.37. The summed E-state index contributed by atoms with van der Waals surface area (Å²) in [6.45, 7) is 1.20. The number of hydrogen-bond acceptors (Lipinski definition) is 1. The van der Waals surface area contributed by atoms with Crippen LogP contribution in [0.2, 0.25) is 0 Å². The molecule has 2 aliphatic rings. The average molecular weight is 243 g/mol. The fourth-order valence-corrected chi connectivity index (χ4v) is 3.97. The van der Waals surface area contributed by atoms with Gasteiger partial charge in [0, 0.05) is 0 Å². The molecule has 0 heterocycles. The first kappa shape index (κ1) is 12.2. The molecule has 1 fully saturated rings. The zero-order valence-electron chi connectivity index (χ0n) is 11.5. The van der Waals surface area contributed by atoms with Crippen LogP contribution in [0, 0.1) is 11.8 Å². The summed E-state index contributed by atoms with van der Waals surface area (Å²) in [4.78, 5) is 0. The van der Waals surface area contributed by atoms with E-state index in [0.29, 0.717) is 0 Å². The Hall–Kier alpha value is -0.820. The van der Waals surface area contributed by atoms with Gasteiger partial charge in [0.2, 0.25) is 0 Å². The number of nitrogens with one attached hydrogen (secondary N) is 1. The third-order valence-electron chi connectivity index (χ3n) is 4.94. The zero-order chi connectivity index (χ0) is 12.4. The third kappa shape index (κ3) is 2.47. The summed E-state index contributed by atoms with van der Waals surface area (Å²) in [5.41, 5.74) is 4.83. The molecular formula is C17H25N. The molecule has 1 aromatic rings. The molecule has 1 N–H and O–H groups in total. The highest BCUT2D eigenvalue weighted by Gasteiger charge is 2.26. The lowest BCUT2D eigenvalue weighted by Gasteiger charge is -2.19. The third-order valence-corrected chi connectivity index (χ3v) is 4.94. The minimum absolute atomic E-state index is 0.906. The highest BCUT2D eigenvalue weighted by Crippen LogP contribution is 2.34. The predicted octanol–water partition coefficient (Wildman–Crippen LogP) is 3.35. The molecule has 1 nitrogen and oxygen atoms in total. The first-order valence-corrected chi connectivity index (χ1v) is 7.62. The number of benzene rings is 1. The van der Waals surface area contributed by atoms with Gasteiger partial charge in [-0.15, -0.1) is 0 Å². The number of aryl methyl sites for hydroxylation is 2.